The molecule has 108 valence electrons. The van der Waals surface area contributed by atoms with Crippen molar-refractivity contribution in [3.05, 3.63) is 18.6 Å². The Morgan fingerprint density at radius 1 is 1.25 bits per heavy atom. The molecular formula is C14H22N6. The minimum Gasteiger partial charge on any atom is -0.369 e. The Balaban J connectivity index is 1.97. The van der Waals surface area contributed by atoms with Crippen LogP contribution in [0.15, 0.2) is 18.6 Å². The van der Waals surface area contributed by atoms with Gasteiger partial charge in [0.25, 0.3) is 0 Å². The molecule has 0 aliphatic carbocycles. The summed E-state index contributed by atoms with van der Waals surface area (Å²) in [6.45, 7) is 7.21. The van der Waals surface area contributed by atoms with Crippen molar-refractivity contribution in [2.24, 2.45) is 0 Å². The SMILES string of the molecule is CCNc1cn2ccnc2c(N2CCCN(C)CC2)n1. The summed E-state index contributed by atoms with van der Waals surface area (Å²) in [4.78, 5) is 14.0. The summed E-state index contributed by atoms with van der Waals surface area (Å²) in [5.41, 5.74) is 0.941. The van der Waals surface area contributed by atoms with Gasteiger partial charge in [0.2, 0.25) is 0 Å². The Morgan fingerprint density at radius 3 is 3.00 bits per heavy atom. The highest BCUT2D eigenvalue weighted by Gasteiger charge is 2.18. The smallest absolute Gasteiger partial charge is 0.180 e. The first-order valence-electron chi connectivity index (χ1n) is 7.29. The van der Waals surface area contributed by atoms with Crippen LogP contribution < -0.4 is 10.2 Å². The minimum absolute atomic E-state index is 0.870. The van der Waals surface area contributed by atoms with Crippen LogP contribution in [0.25, 0.3) is 5.65 Å². The molecule has 0 amide bonds. The van der Waals surface area contributed by atoms with Crippen molar-refractivity contribution in [1.29, 1.82) is 0 Å². The summed E-state index contributed by atoms with van der Waals surface area (Å²) >= 11 is 0. The minimum atomic E-state index is 0.870. The number of aromatic nitrogens is 3. The average Bonchev–Trinajstić information content (AvgIpc) is 2.80. The summed E-state index contributed by atoms with van der Waals surface area (Å²) < 4.78 is 2.05. The Morgan fingerprint density at radius 2 is 2.15 bits per heavy atom. The van der Waals surface area contributed by atoms with E-state index in [0.29, 0.717) is 0 Å². The Labute approximate surface area is 119 Å². The molecule has 1 aliphatic heterocycles. The van der Waals surface area contributed by atoms with Crippen molar-refractivity contribution in [3.63, 3.8) is 0 Å². The summed E-state index contributed by atoms with van der Waals surface area (Å²) in [5, 5.41) is 3.30. The fourth-order valence-electron chi connectivity index (χ4n) is 2.65. The molecule has 2 aromatic heterocycles. The van der Waals surface area contributed by atoms with Gasteiger partial charge in [0, 0.05) is 38.6 Å². The summed E-state index contributed by atoms with van der Waals surface area (Å²) in [7, 11) is 2.18. The van der Waals surface area contributed by atoms with Gasteiger partial charge >= 0.3 is 0 Å². The maximum absolute atomic E-state index is 4.77. The van der Waals surface area contributed by atoms with Gasteiger partial charge in [0.1, 0.15) is 5.82 Å². The Hall–Kier alpha value is -1.82. The molecule has 3 rings (SSSR count). The molecular weight excluding hydrogens is 252 g/mol. The lowest BCUT2D eigenvalue weighted by Gasteiger charge is -2.22. The first-order chi connectivity index (χ1) is 9.78. The topological polar surface area (TPSA) is 48.7 Å². The lowest BCUT2D eigenvalue weighted by atomic mass is 10.4. The van der Waals surface area contributed by atoms with E-state index in [1.165, 1.54) is 0 Å². The largest absolute Gasteiger partial charge is 0.369 e. The van der Waals surface area contributed by atoms with E-state index in [1.54, 1.807) is 0 Å². The molecule has 2 aromatic rings. The van der Waals surface area contributed by atoms with Gasteiger partial charge in [0.15, 0.2) is 11.5 Å². The highest BCUT2D eigenvalue weighted by molar-refractivity contribution is 5.66. The van der Waals surface area contributed by atoms with Crippen molar-refractivity contribution in [1.82, 2.24) is 19.3 Å². The van der Waals surface area contributed by atoms with Gasteiger partial charge in [-0.15, -0.1) is 0 Å². The molecule has 20 heavy (non-hydrogen) atoms. The quantitative estimate of drug-likeness (QED) is 0.914. The van der Waals surface area contributed by atoms with E-state index < -0.39 is 0 Å². The molecule has 0 radical (unpaired) electrons. The number of rotatable bonds is 3. The second-order valence-corrected chi connectivity index (χ2v) is 5.28. The second kappa shape index (κ2) is 5.66. The standard InChI is InChI=1S/C14H22N6/c1-3-15-12-11-20-8-5-16-13(20)14(17-12)19-7-4-6-18(2)9-10-19/h5,8,11,15H,3-4,6-7,9-10H2,1-2H3. The van der Waals surface area contributed by atoms with Gasteiger partial charge in [-0.3, -0.25) is 0 Å². The van der Waals surface area contributed by atoms with Crippen molar-refractivity contribution in [3.8, 4) is 0 Å². The van der Waals surface area contributed by atoms with Crippen LogP contribution in [0.4, 0.5) is 11.6 Å². The summed E-state index contributed by atoms with van der Waals surface area (Å²) in [5.74, 6) is 1.90. The fraction of sp³-hybridized carbons (Fsp3) is 0.571. The Kier molecular flexibility index (Phi) is 3.73. The van der Waals surface area contributed by atoms with E-state index in [9.17, 15) is 0 Å². The second-order valence-electron chi connectivity index (χ2n) is 5.28. The molecule has 1 saturated heterocycles. The van der Waals surface area contributed by atoms with Crippen LogP contribution in [0.5, 0.6) is 0 Å². The number of fused-ring (bicyclic) bond motifs is 1. The monoisotopic (exact) mass is 274 g/mol. The van der Waals surface area contributed by atoms with Crippen molar-refractivity contribution in [2.75, 3.05) is 50.0 Å². The van der Waals surface area contributed by atoms with Crippen LogP contribution >= 0.6 is 0 Å². The van der Waals surface area contributed by atoms with Crippen LogP contribution in [-0.4, -0.2) is 59.0 Å². The number of anilines is 2. The van der Waals surface area contributed by atoms with Crippen LogP contribution in [0, 0.1) is 0 Å². The number of likely N-dealkylation sites (N-methyl/N-ethyl adjacent to an activating group) is 1. The average molecular weight is 274 g/mol. The molecule has 0 unspecified atom stereocenters. The van der Waals surface area contributed by atoms with Gasteiger partial charge in [-0.1, -0.05) is 0 Å². The van der Waals surface area contributed by atoms with E-state index in [1.807, 2.05) is 18.6 Å². The molecule has 0 saturated carbocycles. The van der Waals surface area contributed by atoms with E-state index in [-0.39, 0.29) is 0 Å². The predicted molar refractivity (Wildman–Crippen MR) is 81.5 cm³/mol. The molecule has 0 spiro atoms. The highest BCUT2D eigenvalue weighted by atomic mass is 15.3. The molecule has 1 N–H and O–H groups in total. The highest BCUT2D eigenvalue weighted by Crippen LogP contribution is 2.21. The number of hydrogen-bond acceptors (Lipinski definition) is 5. The zero-order valence-electron chi connectivity index (χ0n) is 12.2. The maximum Gasteiger partial charge on any atom is 0.180 e. The third kappa shape index (κ3) is 2.56. The van der Waals surface area contributed by atoms with Gasteiger partial charge in [-0.25, -0.2) is 9.97 Å². The molecule has 0 bridgehead atoms. The third-order valence-electron chi connectivity index (χ3n) is 3.73. The zero-order valence-corrected chi connectivity index (χ0v) is 12.2. The van der Waals surface area contributed by atoms with Crippen molar-refractivity contribution >= 4 is 17.3 Å². The van der Waals surface area contributed by atoms with E-state index in [2.05, 4.69) is 38.5 Å². The molecule has 0 aromatic carbocycles. The summed E-state index contributed by atoms with van der Waals surface area (Å²) in [6, 6.07) is 0. The van der Waals surface area contributed by atoms with Crippen LogP contribution in [0.3, 0.4) is 0 Å². The number of nitrogens with zero attached hydrogens (tertiary/aromatic N) is 5. The molecule has 0 atom stereocenters. The maximum atomic E-state index is 4.77. The van der Waals surface area contributed by atoms with Crippen LogP contribution in [-0.2, 0) is 0 Å². The fourth-order valence-corrected chi connectivity index (χ4v) is 2.65. The lowest BCUT2D eigenvalue weighted by Crippen LogP contribution is -2.30. The molecule has 1 aliphatic rings. The molecule has 6 heteroatoms. The van der Waals surface area contributed by atoms with Gasteiger partial charge < -0.3 is 19.5 Å². The zero-order chi connectivity index (χ0) is 13.9. The third-order valence-corrected chi connectivity index (χ3v) is 3.73. The molecule has 6 nitrogen and oxygen atoms in total. The number of nitrogens with one attached hydrogen (secondary N) is 1. The first-order valence-corrected chi connectivity index (χ1v) is 7.29. The Bertz CT molecular complexity index is 578. The molecule has 3 heterocycles. The van der Waals surface area contributed by atoms with Gasteiger partial charge in [0.05, 0.1) is 6.20 Å². The lowest BCUT2D eigenvalue weighted by molar-refractivity contribution is 0.360. The summed E-state index contributed by atoms with van der Waals surface area (Å²) in [6.07, 6.45) is 6.97. The van der Waals surface area contributed by atoms with E-state index in [0.717, 1.165) is 56.4 Å². The molecule has 1 fully saturated rings. The number of hydrogen-bond donors (Lipinski definition) is 1. The first kappa shape index (κ1) is 13.2. The van der Waals surface area contributed by atoms with Gasteiger partial charge in [-0.05, 0) is 26.9 Å². The van der Waals surface area contributed by atoms with E-state index in [4.69, 9.17) is 4.98 Å². The van der Waals surface area contributed by atoms with E-state index >= 15 is 0 Å². The normalized spacial score (nSPS) is 17.4. The number of imidazole rings is 1. The van der Waals surface area contributed by atoms with Crippen LogP contribution in [0.2, 0.25) is 0 Å². The predicted octanol–water partition coefficient (Wildman–Crippen LogP) is 1.30. The van der Waals surface area contributed by atoms with Gasteiger partial charge in [-0.2, -0.15) is 0 Å². The van der Waals surface area contributed by atoms with Crippen molar-refractivity contribution < 1.29 is 0 Å². The van der Waals surface area contributed by atoms with Crippen molar-refractivity contribution in [2.45, 2.75) is 13.3 Å². The van der Waals surface area contributed by atoms with Crippen LogP contribution in [0.1, 0.15) is 13.3 Å².